The molecule has 1 aromatic carbocycles. The summed E-state index contributed by atoms with van der Waals surface area (Å²) < 4.78 is 5.71. The van der Waals surface area contributed by atoms with E-state index in [-0.39, 0.29) is 17.7 Å². The molecule has 1 aromatic heterocycles. The summed E-state index contributed by atoms with van der Waals surface area (Å²) in [4.78, 5) is 25.5. The van der Waals surface area contributed by atoms with Crippen LogP contribution in [0.15, 0.2) is 34.7 Å². The van der Waals surface area contributed by atoms with Crippen LogP contribution in [0.1, 0.15) is 19.1 Å². The lowest BCUT2D eigenvalue weighted by Gasteiger charge is -2.13. The zero-order valence-electron chi connectivity index (χ0n) is 12.7. The predicted molar refractivity (Wildman–Crippen MR) is 83.3 cm³/mol. The molecule has 2 aromatic rings. The van der Waals surface area contributed by atoms with Gasteiger partial charge in [0.05, 0.1) is 5.92 Å². The lowest BCUT2D eigenvalue weighted by Crippen LogP contribution is -2.34. The van der Waals surface area contributed by atoms with E-state index < -0.39 is 0 Å². The highest BCUT2D eigenvalue weighted by molar-refractivity contribution is 5.89. The molecule has 2 heterocycles. The molecule has 1 atom stereocenters. The van der Waals surface area contributed by atoms with Gasteiger partial charge in [-0.25, -0.2) is 0 Å². The van der Waals surface area contributed by atoms with E-state index in [1.807, 2.05) is 37.3 Å². The molecule has 0 saturated carbocycles. The van der Waals surface area contributed by atoms with Crippen molar-refractivity contribution >= 4 is 22.8 Å². The Morgan fingerprint density at radius 3 is 2.95 bits per heavy atom. The van der Waals surface area contributed by atoms with Crippen molar-refractivity contribution < 1.29 is 14.0 Å². The van der Waals surface area contributed by atoms with Crippen LogP contribution in [0.3, 0.4) is 0 Å². The van der Waals surface area contributed by atoms with Gasteiger partial charge in [-0.15, -0.1) is 0 Å². The lowest BCUT2D eigenvalue weighted by molar-refractivity contribution is -0.128. The van der Waals surface area contributed by atoms with Crippen molar-refractivity contribution in [3.05, 3.63) is 36.1 Å². The van der Waals surface area contributed by atoms with Gasteiger partial charge in [0.1, 0.15) is 11.3 Å². The molecule has 116 valence electrons. The lowest BCUT2D eigenvalue weighted by atomic mass is 10.1. The highest BCUT2D eigenvalue weighted by Gasteiger charge is 2.33. The zero-order chi connectivity index (χ0) is 15.5. The van der Waals surface area contributed by atoms with Gasteiger partial charge in [0.2, 0.25) is 11.8 Å². The van der Waals surface area contributed by atoms with Gasteiger partial charge in [0.25, 0.3) is 0 Å². The molecule has 0 spiro atoms. The minimum atomic E-state index is -0.219. The molecule has 5 heteroatoms. The van der Waals surface area contributed by atoms with Crippen molar-refractivity contribution in [1.82, 2.24) is 10.2 Å². The number of fused-ring (bicyclic) bond motifs is 1. The van der Waals surface area contributed by atoms with Gasteiger partial charge in [0, 0.05) is 37.9 Å². The summed E-state index contributed by atoms with van der Waals surface area (Å²) in [6.07, 6.45) is 0.975. The Bertz CT molecular complexity index is 659. The number of rotatable bonds is 5. The smallest absolute Gasteiger partial charge is 0.225 e. The summed E-state index contributed by atoms with van der Waals surface area (Å²) in [5.74, 6) is 0.669. The molecule has 1 aliphatic heterocycles. The van der Waals surface area contributed by atoms with Gasteiger partial charge < -0.3 is 14.6 Å². The average Bonchev–Trinajstić information content (AvgIpc) is 3.09. The number of benzene rings is 1. The molecule has 1 fully saturated rings. The second-order valence-corrected chi connectivity index (χ2v) is 5.62. The van der Waals surface area contributed by atoms with E-state index in [9.17, 15) is 9.59 Å². The maximum absolute atomic E-state index is 12.1. The molecule has 0 radical (unpaired) electrons. The molecule has 1 saturated heterocycles. The van der Waals surface area contributed by atoms with E-state index in [1.54, 1.807) is 4.90 Å². The monoisotopic (exact) mass is 300 g/mol. The van der Waals surface area contributed by atoms with E-state index in [0.717, 1.165) is 16.7 Å². The van der Waals surface area contributed by atoms with Gasteiger partial charge >= 0.3 is 0 Å². The second-order valence-electron chi connectivity index (χ2n) is 5.62. The molecule has 22 heavy (non-hydrogen) atoms. The number of amides is 2. The Labute approximate surface area is 129 Å². The van der Waals surface area contributed by atoms with Crippen molar-refractivity contribution in [2.24, 2.45) is 5.92 Å². The Morgan fingerprint density at radius 2 is 2.23 bits per heavy atom. The van der Waals surface area contributed by atoms with Crippen molar-refractivity contribution in [1.29, 1.82) is 0 Å². The van der Waals surface area contributed by atoms with Gasteiger partial charge in [-0.05, 0) is 19.1 Å². The third-order valence-electron chi connectivity index (χ3n) is 4.11. The Balaban J connectivity index is 1.50. The summed E-state index contributed by atoms with van der Waals surface area (Å²) in [7, 11) is 0. The minimum Gasteiger partial charge on any atom is -0.461 e. The first-order valence-corrected chi connectivity index (χ1v) is 7.70. The van der Waals surface area contributed by atoms with E-state index in [4.69, 9.17) is 4.42 Å². The first-order valence-electron chi connectivity index (χ1n) is 7.70. The largest absolute Gasteiger partial charge is 0.461 e. The van der Waals surface area contributed by atoms with E-state index in [0.29, 0.717) is 32.5 Å². The fourth-order valence-corrected chi connectivity index (χ4v) is 2.87. The molecule has 2 amide bonds. The molecule has 0 aliphatic carbocycles. The van der Waals surface area contributed by atoms with Gasteiger partial charge in [0.15, 0.2) is 0 Å². The summed E-state index contributed by atoms with van der Waals surface area (Å²) >= 11 is 0. The second kappa shape index (κ2) is 6.22. The number of carbonyl (C=O) groups excluding carboxylic acids is 2. The van der Waals surface area contributed by atoms with Crippen molar-refractivity contribution in [2.75, 3.05) is 19.6 Å². The van der Waals surface area contributed by atoms with Crippen molar-refractivity contribution in [3.63, 3.8) is 0 Å². The highest BCUT2D eigenvalue weighted by atomic mass is 16.3. The molecule has 0 bridgehead atoms. The average molecular weight is 300 g/mol. The van der Waals surface area contributed by atoms with Crippen molar-refractivity contribution in [3.8, 4) is 0 Å². The van der Waals surface area contributed by atoms with Crippen LogP contribution in [0, 0.1) is 5.92 Å². The predicted octanol–water partition coefficient (Wildman–Crippen LogP) is 1.96. The molecule has 5 nitrogen and oxygen atoms in total. The summed E-state index contributed by atoms with van der Waals surface area (Å²) in [5, 5.41) is 3.98. The number of hydrogen-bond acceptors (Lipinski definition) is 3. The summed E-state index contributed by atoms with van der Waals surface area (Å²) in [6.45, 7) is 3.66. The SMILES string of the molecule is CCN1CC(C(=O)NCCc2cc3ccccc3o2)CC1=O. The third kappa shape index (κ3) is 2.98. The number of nitrogens with zero attached hydrogens (tertiary/aromatic N) is 1. The van der Waals surface area contributed by atoms with Gasteiger partial charge in [-0.3, -0.25) is 9.59 Å². The first-order chi connectivity index (χ1) is 10.7. The molecular weight excluding hydrogens is 280 g/mol. The number of para-hydroxylation sites is 1. The molecule has 1 unspecified atom stereocenters. The normalized spacial score (nSPS) is 18.1. The quantitative estimate of drug-likeness (QED) is 0.918. The third-order valence-corrected chi connectivity index (χ3v) is 4.11. The van der Waals surface area contributed by atoms with Crippen LogP contribution in [-0.4, -0.2) is 36.3 Å². The number of likely N-dealkylation sites (tertiary alicyclic amines) is 1. The molecular formula is C17H20N2O3. The molecule has 1 N–H and O–H groups in total. The van der Waals surface area contributed by atoms with Crippen LogP contribution in [0.4, 0.5) is 0 Å². The van der Waals surface area contributed by atoms with E-state index in [1.165, 1.54) is 0 Å². The number of carbonyl (C=O) groups is 2. The van der Waals surface area contributed by atoms with Crippen molar-refractivity contribution in [2.45, 2.75) is 19.8 Å². The fraction of sp³-hybridized carbons (Fsp3) is 0.412. The Hall–Kier alpha value is -2.30. The molecule has 1 aliphatic rings. The Kier molecular flexibility index (Phi) is 4.13. The Morgan fingerprint density at radius 1 is 1.41 bits per heavy atom. The molecule has 3 rings (SSSR count). The van der Waals surface area contributed by atoms with E-state index >= 15 is 0 Å². The number of hydrogen-bond donors (Lipinski definition) is 1. The maximum Gasteiger partial charge on any atom is 0.225 e. The standard InChI is InChI=1S/C17H20N2O3/c1-2-19-11-13(10-16(19)20)17(21)18-8-7-14-9-12-5-3-4-6-15(12)22-14/h3-6,9,13H,2,7-8,10-11H2,1H3,(H,18,21). The van der Waals surface area contributed by atoms with Crippen LogP contribution < -0.4 is 5.32 Å². The van der Waals surface area contributed by atoms with Gasteiger partial charge in [-0.1, -0.05) is 18.2 Å². The van der Waals surface area contributed by atoms with Crippen LogP contribution in [0.2, 0.25) is 0 Å². The van der Waals surface area contributed by atoms with Crippen LogP contribution >= 0.6 is 0 Å². The van der Waals surface area contributed by atoms with Crippen LogP contribution in [0.5, 0.6) is 0 Å². The van der Waals surface area contributed by atoms with Gasteiger partial charge in [-0.2, -0.15) is 0 Å². The topological polar surface area (TPSA) is 62.6 Å². The maximum atomic E-state index is 12.1. The summed E-state index contributed by atoms with van der Waals surface area (Å²) in [6, 6.07) is 9.85. The van der Waals surface area contributed by atoms with Crippen LogP contribution in [-0.2, 0) is 16.0 Å². The van der Waals surface area contributed by atoms with E-state index in [2.05, 4.69) is 5.32 Å². The number of nitrogens with one attached hydrogen (secondary N) is 1. The number of furan rings is 1. The van der Waals surface area contributed by atoms with Crippen LogP contribution in [0.25, 0.3) is 11.0 Å². The summed E-state index contributed by atoms with van der Waals surface area (Å²) in [5.41, 5.74) is 0.865. The highest BCUT2D eigenvalue weighted by Crippen LogP contribution is 2.19. The minimum absolute atomic E-state index is 0.0413. The fourth-order valence-electron chi connectivity index (χ4n) is 2.87. The first kappa shape index (κ1) is 14.6. The zero-order valence-corrected chi connectivity index (χ0v) is 12.7.